The van der Waals surface area contributed by atoms with Crippen LogP contribution in [0, 0.1) is 19.7 Å². The molecule has 90 valence electrons. The van der Waals surface area contributed by atoms with Crippen molar-refractivity contribution >= 4 is 11.3 Å². The van der Waals surface area contributed by atoms with Gasteiger partial charge in [-0.25, -0.2) is 9.37 Å². The summed E-state index contributed by atoms with van der Waals surface area (Å²) in [4.78, 5) is 5.47. The molecule has 0 radical (unpaired) electrons. The quantitative estimate of drug-likeness (QED) is 0.901. The molecule has 0 fully saturated rings. The molecule has 0 saturated carbocycles. The number of benzene rings is 1. The van der Waals surface area contributed by atoms with Crippen molar-refractivity contribution in [1.82, 2.24) is 10.3 Å². The van der Waals surface area contributed by atoms with Gasteiger partial charge in [0.05, 0.1) is 0 Å². The van der Waals surface area contributed by atoms with Crippen molar-refractivity contribution in [2.75, 3.05) is 0 Å². The maximum absolute atomic E-state index is 13.3. The van der Waals surface area contributed by atoms with Crippen molar-refractivity contribution in [3.63, 3.8) is 0 Å². The molecule has 1 aromatic heterocycles. The van der Waals surface area contributed by atoms with Gasteiger partial charge in [0, 0.05) is 24.2 Å². The van der Waals surface area contributed by atoms with Crippen LogP contribution < -0.4 is 5.32 Å². The fraction of sp³-hybridized carbons (Fsp3) is 0.308. The maximum Gasteiger partial charge on any atom is 0.126 e. The number of nitrogens with one attached hydrogen (secondary N) is 1. The standard InChI is InChI=1S/C13H15FN2S/c1-9-3-4-11(5-12(9)14)7-15-8-13-16-6-10(2)17-13/h3-6,15H,7-8H2,1-2H3. The highest BCUT2D eigenvalue weighted by Gasteiger charge is 2.01. The highest BCUT2D eigenvalue weighted by Crippen LogP contribution is 2.12. The molecule has 2 rings (SSSR count). The molecule has 0 aliphatic carbocycles. The Morgan fingerprint density at radius 2 is 2.12 bits per heavy atom. The van der Waals surface area contributed by atoms with E-state index in [0.717, 1.165) is 17.1 Å². The summed E-state index contributed by atoms with van der Waals surface area (Å²) < 4.78 is 13.3. The summed E-state index contributed by atoms with van der Waals surface area (Å²) in [5.41, 5.74) is 1.64. The van der Waals surface area contributed by atoms with E-state index in [1.165, 1.54) is 4.88 Å². The minimum atomic E-state index is -0.144. The second-order valence-electron chi connectivity index (χ2n) is 4.05. The SMILES string of the molecule is Cc1cnc(CNCc2ccc(C)c(F)c2)s1. The second kappa shape index (κ2) is 5.38. The smallest absolute Gasteiger partial charge is 0.126 e. The largest absolute Gasteiger partial charge is 0.306 e. The van der Waals surface area contributed by atoms with Crippen molar-refractivity contribution in [3.05, 3.63) is 51.2 Å². The zero-order chi connectivity index (χ0) is 12.3. The van der Waals surface area contributed by atoms with Gasteiger partial charge in [0.25, 0.3) is 0 Å². The van der Waals surface area contributed by atoms with Crippen molar-refractivity contribution < 1.29 is 4.39 Å². The van der Waals surface area contributed by atoms with Gasteiger partial charge >= 0.3 is 0 Å². The third-order valence-corrected chi connectivity index (χ3v) is 3.42. The number of rotatable bonds is 4. The van der Waals surface area contributed by atoms with Crippen LogP contribution >= 0.6 is 11.3 Å². The fourth-order valence-corrected chi connectivity index (χ4v) is 2.30. The first kappa shape index (κ1) is 12.2. The molecule has 0 saturated heterocycles. The first-order chi connectivity index (χ1) is 8.15. The lowest BCUT2D eigenvalue weighted by atomic mass is 10.1. The van der Waals surface area contributed by atoms with Gasteiger partial charge in [-0.3, -0.25) is 0 Å². The molecule has 0 aliphatic heterocycles. The van der Waals surface area contributed by atoms with Gasteiger partial charge in [-0.2, -0.15) is 0 Å². The Morgan fingerprint density at radius 3 is 2.76 bits per heavy atom. The fourth-order valence-electron chi connectivity index (χ4n) is 1.54. The van der Waals surface area contributed by atoms with Crippen LogP contribution in [-0.4, -0.2) is 4.98 Å². The Morgan fingerprint density at radius 1 is 1.29 bits per heavy atom. The normalized spacial score (nSPS) is 10.8. The third-order valence-electron chi connectivity index (χ3n) is 2.51. The molecule has 4 heteroatoms. The lowest BCUT2D eigenvalue weighted by Crippen LogP contribution is -2.12. The average Bonchev–Trinajstić information content (AvgIpc) is 2.70. The minimum Gasteiger partial charge on any atom is -0.306 e. The summed E-state index contributed by atoms with van der Waals surface area (Å²) in [7, 11) is 0. The lowest BCUT2D eigenvalue weighted by molar-refractivity contribution is 0.611. The summed E-state index contributed by atoms with van der Waals surface area (Å²) in [6, 6.07) is 5.33. The van der Waals surface area contributed by atoms with E-state index in [4.69, 9.17) is 0 Å². The van der Waals surface area contributed by atoms with E-state index >= 15 is 0 Å². The van der Waals surface area contributed by atoms with Crippen LogP contribution in [0.1, 0.15) is 21.0 Å². The molecule has 0 bridgehead atoms. The lowest BCUT2D eigenvalue weighted by Gasteiger charge is -2.04. The molecular formula is C13H15FN2S. The average molecular weight is 250 g/mol. The van der Waals surface area contributed by atoms with Crippen LogP contribution in [0.4, 0.5) is 4.39 Å². The highest BCUT2D eigenvalue weighted by molar-refractivity contribution is 7.11. The number of nitrogens with zero attached hydrogens (tertiary/aromatic N) is 1. The van der Waals surface area contributed by atoms with Gasteiger partial charge in [0.1, 0.15) is 10.8 Å². The van der Waals surface area contributed by atoms with Crippen LogP contribution in [0.3, 0.4) is 0 Å². The summed E-state index contributed by atoms with van der Waals surface area (Å²) in [6.45, 7) is 5.20. The van der Waals surface area contributed by atoms with E-state index in [9.17, 15) is 4.39 Å². The van der Waals surface area contributed by atoms with Crippen LogP contribution in [0.5, 0.6) is 0 Å². The van der Waals surface area contributed by atoms with E-state index in [1.807, 2.05) is 19.2 Å². The monoisotopic (exact) mass is 250 g/mol. The molecule has 0 spiro atoms. The predicted octanol–water partition coefficient (Wildman–Crippen LogP) is 3.19. The molecule has 0 amide bonds. The van der Waals surface area contributed by atoms with Gasteiger partial charge in [0.15, 0.2) is 0 Å². The first-order valence-electron chi connectivity index (χ1n) is 5.52. The first-order valence-corrected chi connectivity index (χ1v) is 6.34. The molecule has 1 N–H and O–H groups in total. The highest BCUT2D eigenvalue weighted by atomic mass is 32.1. The number of halogens is 1. The molecule has 0 aliphatic rings. The topological polar surface area (TPSA) is 24.9 Å². The van der Waals surface area contributed by atoms with Gasteiger partial charge < -0.3 is 5.32 Å². The number of thiazole rings is 1. The molecule has 1 heterocycles. The van der Waals surface area contributed by atoms with Crippen molar-refractivity contribution in [1.29, 1.82) is 0 Å². The zero-order valence-electron chi connectivity index (χ0n) is 9.96. The predicted molar refractivity (Wildman–Crippen MR) is 68.5 cm³/mol. The molecule has 0 unspecified atom stereocenters. The second-order valence-corrected chi connectivity index (χ2v) is 5.37. The third kappa shape index (κ3) is 3.35. The van der Waals surface area contributed by atoms with Gasteiger partial charge in [-0.1, -0.05) is 12.1 Å². The van der Waals surface area contributed by atoms with E-state index in [-0.39, 0.29) is 5.82 Å². The Balaban J connectivity index is 1.87. The molecule has 1 aromatic carbocycles. The van der Waals surface area contributed by atoms with Crippen molar-refractivity contribution in [3.8, 4) is 0 Å². The number of hydrogen-bond donors (Lipinski definition) is 1. The summed E-state index contributed by atoms with van der Waals surface area (Å²) in [5.74, 6) is -0.144. The zero-order valence-corrected chi connectivity index (χ0v) is 10.8. The van der Waals surface area contributed by atoms with E-state index in [2.05, 4.69) is 10.3 Å². The van der Waals surface area contributed by atoms with Crippen LogP contribution in [0.2, 0.25) is 0 Å². The van der Waals surface area contributed by atoms with E-state index < -0.39 is 0 Å². The van der Waals surface area contributed by atoms with E-state index in [0.29, 0.717) is 12.1 Å². The Hall–Kier alpha value is -1.26. The van der Waals surface area contributed by atoms with Crippen LogP contribution in [-0.2, 0) is 13.1 Å². The number of aromatic nitrogens is 1. The Kier molecular flexibility index (Phi) is 3.86. The van der Waals surface area contributed by atoms with Gasteiger partial charge in [-0.05, 0) is 31.0 Å². The number of hydrogen-bond acceptors (Lipinski definition) is 3. The molecule has 17 heavy (non-hydrogen) atoms. The summed E-state index contributed by atoms with van der Waals surface area (Å²) in [5, 5.41) is 4.32. The molecular weight excluding hydrogens is 235 g/mol. The molecule has 2 aromatic rings. The van der Waals surface area contributed by atoms with Crippen LogP contribution in [0.15, 0.2) is 24.4 Å². The van der Waals surface area contributed by atoms with Crippen LogP contribution in [0.25, 0.3) is 0 Å². The maximum atomic E-state index is 13.3. The summed E-state index contributed by atoms with van der Waals surface area (Å²) in [6.07, 6.45) is 1.87. The Bertz CT molecular complexity index is 508. The van der Waals surface area contributed by atoms with E-state index in [1.54, 1.807) is 30.4 Å². The minimum absolute atomic E-state index is 0.144. The summed E-state index contributed by atoms with van der Waals surface area (Å²) >= 11 is 1.68. The van der Waals surface area contributed by atoms with Crippen molar-refractivity contribution in [2.24, 2.45) is 0 Å². The van der Waals surface area contributed by atoms with Gasteiger partial charge in [-0.15, -0.1) is 11.3 Å². The van der Waals surface area contributed by atoms with Crippen molar-refractivity contribution in [2.45, 2.75) is 26.9 Å². The molecule has 2 nitrogen and oxygen atoms in total. The number of aryl methyl sites for hydroxylation is 2. The van der Waals surface area contributed by atoms with Gasteiger partial charge in [0.2, 0.25) is 0 Å². The Labute approximate surface area is 105 Å². The molecule has 0 atom stereocenters.